The fourth-order valence-electron chi connectivity index (χ4n) is 10.7. The summed E-state index contributed by atoms with van der Waals surface area (Å²) in [5, 5.41) is 8.92. The summed E-state index contributed by atoms with van der Waals surface area (Å²) >= 11 is 0. The average molecular weight is 1370 g/mol. The first kappa shape index (κ1) is 76.7. The van der Waals surface area contributed by atoms with E-state index >= 15 is 0 Å². The van der Waals surface area contributed by atoms with E-state index in [1.165, 1.54) is 0 Å². The molecule has 12 rings (SSSR count). The quantitative estimate of drug-likeness (QED) is 0.0286. The summed E-state index contributed by atoms with van der Waals surface area (Å²) in [7, 11) is 3.08. The minimum Gasteiger partial charge on any atom is -0.496 e. The van der Waals surface area contributed by atoms with E-state index in [4.69, 9.17) is 61.9 Å². The molecule has 5 saturated heterocycles. The molecule has 0 radical (unpaired) electrons. The van der Waals surface area contributed by atoms with Crippen LogP contribution in [0.4, 0.5) is 0 Å². The van der Waals surface area contributed by atoms with Crippen molar-refractivity contribution in [2.45, 2.75) is 73.3 Å². The predicted molar refractivity (Wildman–Crippen MR) is 375 cm³/mol. The first-order valence-corrected chi connectivity index (χ1v) is 34.0. The van der Waals surface area contributed by atoms with Crippen molar-refractivity contribution in [1.29, 1.82) is 0 Å². The van der Waals surface area contributed by atoms with Crippen LogP contribution in [0, 0.1) is 27.1 Å². The zero-order chi connectivity index (χ0) is 71.4. The molecule has 5 heterocycles. The van der Waals surface area contributed by atoms with E-state index in [1.807, 2.05) is 84.9 Å². The lowest BCUT2D eigenvalue weighted by Gasteiger charge is -2.40. The smallest absolute Gasteiger partial charge is 0.341 e. The Bertz CT molecular complexity index is 3610. The third-order valence-corrected chi connectivity index (χ3v) is 19.0. The molecule has 0 aromatic heterocycles. The third-order valence-electron chi connectivity index (χ3n) is 19.0. The zero-order valence-corrected chi connectivity index (χ0v) is 58.5. The van der Waals surface area contributed by atoms with E-state index in [-0.39, 0.29) is 69.1 Å². The van der Waals surface area contributed by atoms with Gasteiger partial charge in [-0.05, 0) is 110 Å². The van der Waals surface area contributed by atoms with Gasteiger partial charge in [0.05, 0.1) is 132 Å². The normalized spacial score (nSPS) is 16.3. The highest BCUT2D eigenvalue weighted by Crippen LogP contribution is 2.36. The van der Waals surface area contributed by atoms with Gasteiger partial charge < -0.3 is 61.9 Å². The largest absolute Gasteiger partial charge is 0.496 e. The van der Waals surface area contributed by atoms with Crippen molar-refractivity contribution in [1.82, 2.24) is 0 Å². The standard InChI is InChI=1S/C20H20O4.C19H20O3.3C14H18O4/c1-2-20(12-23-13-20)14-24-19(22)17-10-8-16(9-11-17)18(21)15-6-4-3-5-7-15;1-2-19(12-21-13-19)14-22-17-10-8-16(9-11-17)18(20)15-6-4-3-5-7-15;2*1-3-14(8-17-9-14)10-18-13(15)11-6-4-5-7-12(11)16-2;1-2-14(8-17-9-14)10-18-13(16)12-5-3-11(7-15)4-6-12/h3-11H,2,12-14H2,1H3;3-11H,2,12-14H2,1H3;2*4-7H,3,8-10H2,1-2H3;3-6,15H,2,7-10H2,1H3. The minimum absolute atomic E-state index is 0.0116. The van der Waals surface area contributed by atoms with E-state index in [2.05, 4.69) is 34.6 Å². The van der Waals surface area contributed by atoms with Gasteiger partial charge in [-0.1, -0.05) is 144 Å². The molecular weight excluding hydrogens is 1280 g/mol. The Hall–Kier alpha value is -9.08. The van der Waals surface area contributed by atoms with Crippen molar-refractivity contribution >= 4 is 35.4 Å². The van der Waals surface area contributed by atoms with Crippen molar-refractivity contribution in [2.75, 3.05) is 113 Å². The summed E-state index contributed by atoms with van der Waals surface area (Å²) in [6.45, 7) is 19.5. The van der Waals surface area contributed by atoms with Gasteiger partial charge in [0.2, 0.25) is 0 Å². The molecule has 19 heteroatoms. The van der Waals surface area contributed by atoms with E-state index < -0.39 is 0 Å². The number of carbonyl (C=O) groups excluding carboxylic acids is 6. The molecule has 5 aliphatic heterocycles. The fourth-order valence-corrected chi connectivity index (χ4v) is 10.7. The average Bonchev–Trinajstić information content (AvgIpc) is 0.837. The number of benzene rings is 7. The maximum atomic E-state index is 12.3. The molecular formula is C81H94O19. The number of ether oxygens (including phenoxy) is 12. The Kier molecular flexibility index (Phi) is 28.7. The minimum atomic E-state index is -0.367. The summed E-state index contributed by atoms with van der Waals surface area (Å²) in [4.78, 5) is 72.6. The van der Waals surface area contributed by atoms with Crippen molar-refractivity contribution in [3.63, 3.8) is 0 Å². The molecule has 0 saturated carbocycles. The molecule has 0 spiro atoms. The first-order valence-electron chi connectivity index (χ1n) is 34.0. The van der Waals surface area contributed by atoms with Crippen molar-refractivity contribution in [3.8, 4) is 17.2 Å². The van der Waals surface area contributed by atoms with E-state index in [0.717, 1.165) is 56.6 Å². The number of ketones is 2. The van der Waals surface area contributed by atoms with Gasteiger partial charge in [0.1, 0.15) is 54.8 Å². The second-order valence-corrected chi connectivity index (χ2v) is 26.1. The lowest BCUT2D eigenvalue weighted by molar-refractivity contribution is -0.140. The van der Waals surface area contributed by atoms with Crippen LogP contribution in [-0.4, -0.2) is 154 Å². The van der Waals surface area contributed by atoms with E-state index in [1.54, 1.807) is 111 Å². The Morgan fingerprint density at radius 3 is 0.900 bits per heavy atom. The Morgan fingerprint density at radius 2 is 0.600 bits per heavy atom. The van der Waals surface area contributed by atoms with Crippen LogP contribution in [0.25, 0.3) is 0 Å². The Labute approximate surface area is 586 Å². The van der Waals surface area contributed by atoms with Gasteiger partial charge in [0, 0.05) is 22.3 Å². The summed E-state index contributed by atoms with van der Waals surface area (Å²) in [6.07, 6.45) is 4.82. The SMILES string of the molecule is CCC1(COC(=O)c2ccc(C(=O)c3ccccc3)cc2)COC1.CCC1(COC(=O)c2ccc(CO)cc2)COC1.CCC1(COC(=O)c2ccccc2OC)COC1.CCC1(COC(=O)c2ccccc2OC)COC1.CCC1(COc2ccc(C(=O)c3ccccc3)cc2)COC1. The molecule has 5 fully saturated rings. The summed E-state index contributed by atoms with van der Waals surface area (Å²) < 4.78 is 63.7. The predicted octanol–water partition coefficient (Wildman–Crippen LogP) is 13.5. The number of hydrogen-bond acceptors (Lipinski definition) is 19. The monoisotopic (exact) mass is 1370 g/mol. The second kappa shape index (κ2) is 37.4. The molecule has 100 heavy (non-hydrogen) atoms. The van der Waals surface area contributed by atoms with Gasteiger partial charge in [0.15, 0.2) is 11.6 Å². The maximum Gasteiger partial charge on any atom is 0.341 e. The lowest BCUT2D eigenvalue weighted by atomic mass is 9.84. The van der Waals surface area contributed by atoms with E-state index in [0.29, 0.717) is 142 Å². The van der Waals surface area contributed by atoms with Crippen LogP contribution in [0.2, 0.25) is 0 Å². The van der Waals surface area contributed by atoms with Gasteiger partial charge in [-0.25, -0.2) is 19.2 Å². The van der Waals surface area contributed by atoms with Gasteiger partial charge >= 0.3 is 23.9 Å². The number of aliphatic hydroxyl groups excluding tert-OH is 1. The van der Waals surface area contributed by atoms with Gasteiger partial charge in [-0.2, -0.15) is 0 Å². The highest BCUT2D eigenvalue weighted by molar-refractivity contribution is 6.10. The second-order valence-electron chi connectivity index (χ2n) is 26.1. The van der Waals surface area contributed by atoms with Crippen molar-refractivity contribution < 1.29 is 90.7 Å². The van der Waals surface area contributed by atoms with Gasteiger partial charge in [-0.15, -0.1) is 0 Å². The first-order chi connectivity index (χ1) is 48.5. The number of aliphatic hydroxyl groups is 1. The number of rotatable bonds is 27. The van der Waals surface area contributed by atoms with Crippen LogP contribution in [0.1, 0.15) is 146 Å². The summed E-state index contributed by atoms with van der Waals surface area (Å²) in [5.41, 5.74) is 5.40. The number of esters is 4. The highest BCUT2D eigenvalue weighted by atomic mass is 16.6. The molecule has 532 valence electrons. The summed E-state index contributed by atoms with van der Waals surface area (Å²) in [6, 6.07) is 53.2. The lowest BCUT2D eigenvalue weighted by Crippen LogP contribution is -2.46. The number of hydrogen-bond donors (Lipinski definition) is 1. The van der Waals surface area contributed by atoms with Crippen molar-refractivity contribution in [2.24, 2.45) is 27.1 Å². The Balaban J connectivity index is 0.000000160. The maximum absolute atomic E-state index is 12.3. The van der Waals surface area contributed by atoms with Crippen molar-refractivity contribution in [3.05, 3.63) is 232 Å². The molecule has 7 aromatic carbocycles. The van der Waals surface area contributed by atoms with Crippen LogP contribution in [0.5, 0.6) is 17.2 Å². The molecule has 7 aromatic rings. The van der Waals surface area contributed by atoms with Crippen LogP contribution in [-0.2, 0) is 49.2 Å². The van der Waals surface area contributed by atoms with Crippen LogP contribution in [0.15, 0.2) is 182 Å². The van der Waals surface area contributed by atoms with E-state index in [9.17, 15) is 28.8 Å². The summed E-state index contributed by atoms with van der Waals surface area (Å²) in [5.74, 6) is 0.476. The molecule has 0 bridgehead atoms. The molecule has 5 aliphatic rings. The van der Waals surface area contributed by atoms with Gasteiger partial charge in [0.25, 0.3) is 0 Å². The molecule has 0 atom stereocenters. The number of carbonyl (C=O) groups is 6. The van der Waals surface area contributed by atoms with Crippen LogP contribution in [0.3, 0.4) is 0 Å². The molecule has 1 N–H and O–H groups in total. The fraction of sp³-hybridized carbons (Fsp3) is 0.407. The van der Waals surface area contributed by atoms with Crippen LogP contribution < -0.4 is 14.2 Å². The zero-order valence-electron chi connectivity index (χ0n) is 58.5. The molecule has 0 aliphatic carbocycles. The molecule has 0 amide bonds. The number of methoxy groups -OCH3 is 2. The molecule has 0 unspecified atom stereocenters. The van der Waals surface area contributed by atoms with Gasteiger partial charge in [-0.3, -0.25) is 9.59 Å². The molecule has 19 nitrogen and oxygen atoms in total. The number of para-hydroxylation sites is 2. The topological polar surface area (TPSA) is 233 Å². The Morgan fingerprint density at radius 1 is 0.330 bits per heavy atom. The highest BCUT2D eigenvalue weighted by Gasteiger charge is 2.42. The third kappa shape index (κ3) is 20.8. The van der Waals surface area contributed by atoms with Crippen LogP contribution >= 0.6 is 0 Å².